The van der Waals surface area contributed by atoms with Crippen molar-refractivity contribution in [3.8, 4) is 0 Å². The molecule has 0 atom stereocenters. The van der Waals surface area contributed by atoms with Crippen molar-refractivity contribution in [2.24, 2.45) is 5.92 Å². The monoisotopic (exact) mass is 343 g/mol. The quantitative estimate of drug-likeness (QED) is 0.895. The first-order valence-corrected chi connectivity index (χ1v) is 7.86. The highest BCUT2D eigenvalue weighted by atomic mass is 35.5. The molecule has 3 amide bonds. The second-order valence-corrected chi connectivity index (χ2v) is 6.37. The summed E-state index contributed by atoms with van der Waals surface area (Å²) in [7, 11) is 3.46. The summed E-state index contributed by atoms with van der Waals surface area (Å²) in [6.07, 6.45) is 1.32. The fraction of sp³-hybridized carbons (Fsp3) is 0.467. The highest BCUT2D eigenvalue weighted by molar-refractivity contribution is 6.42. The Morgan fingerprint density at radius 2 is 1.82 bits per heavy atom. The highest BCUT2D eigenvalue weighted by Crippen LogP contribution is 2.26. The molecule has 0 aromatic heterocycles. The number of hydrogen-bond donors (Lipinski definition) is 1. The predicted molar refractivity (Wildman–Crippen MR) is 88.5 cm³/mol. The summed E-state index contributed by atoms with van der Waals surface area (Å²) in [6.45, 7) is 1.19. The summed E-state index contributed by atoms with van der Waals surface area (Å²) < 4.78 is 0. The van der Waals surface area contributed by atoms with E-state index in [0.29, 0.717) is 41.7 Å². The standard InChI is InChI=1S/C15H19Cl2N3O2/c1-19(2)15(22)20-7-5-10(6-8-20)14(21)18-11-3-4-12(16)13(17)9-11/h3-4,9-10H,5-8H2,1-2H3,(H,18,21). The summed E-state index contributed by atoms with van der Waals surface area (Å²) in [6, 6.07) is 4.99. The van der Waals surface area contributed by atoms with E-state index in [9.17, 15) is 9.59 Å². The number of piperidine rings is 1. The fourth-order valence-corrected chi connectivity index (χ4v) is 2.73. The lowest BCUT2D eigenvalue weighted by molar-refractivity contribution is -0.121. The van der Waals surface area contributed by atoms with E-state index in [1.807, 2.05) is 0 Å². The number of carbonyl (C=O) groups excluding carboxylic acids is 2. The molecule has 120 valence electrons. The number of amides is 3. The lowest BCUT2D eigenvalue weighted by Crippen LogP contribution is -2.45. The van der Waals surface area contributed by atoms with Crippen molar-refractivity contribution in [1.82, 2.24) is 9.80 Å². The minimum atomic E-state index is -0.0966. The van der Waals surface area contributed by atoms with E-state index in [-0.39, 0.29) is 17.9 Å². The maximum absolute atomic E-state index is 12.3. The van der Waals surface area contributed by atoms with Crippen molar-refractivity contribution in [2.45, 2.75) is 12.8 Å². The second kappa shape index (κ2) is 7.20. The zero-order chi connectivity index (χ0) is 16.3. The Kier molecular flexibility index (Phi) is 5.53. The van der Waals surface area contributed by atoms with Gasteiger partial charge in [-0.25, -0.2) is 4.79 Å². The Hall–Kier alpha value is -1.46. The van der Waals surface area contributed by atoms with Gasteiger partial charge in [-0.1, -0.05) is 23.2 Å². The van der Waals surface area contributed by atoms with Gasteiger partial charge in [-0.05, 0) is 31.0 Å². The third kappa shape index (κ3) is 4.05. The van der Waals surface area contributed by atoms with Gasteiger partial charge in [-0.2, -0.15) is 0 Å². The molecule has 1 aromatic rings. The Morgan fingerprint density at radius 3 is 2.36 bits per heavy atom. The van der Waals surface area contributed by atoms with Gasteiger partial charge in [0.1, 0.15) is 0 Å². The minimum Gasteiger partial charge on any atom is -0.331 e. The van der Waals surface area contributed by atoms with Crippen LogP contribution in [0, 0.1) is 5.92 Å². The van der Waals surface area contributed by atoms with Crippen LogP contribution in [-0.2, 0) is 4.79 Å². The van der Waals surface area contributed by atoms with Crippen LogP contribution in [0.15, 0.2) is 18.2 Å². The second-order valence-electron chi connectivity index (χ2n) is 5.56. The molecule has 1 aromatic carbocycles. The number of nitrogens with zero attached hydrogens (tertiary/aromatic N) is 2. The van der Waals surface area contributed by atoms with Crippen LogP contribution in [0.4, 0.5) is 10.5 Å². The van der Waals surface area contributed by atoms with Crippen LogP contribution in [0.2, 0.25) is 10.0 Å². The highest BCUT2D eigenvalue weighted by Gasteiger charge is 2.28. The number of hydrogen-bond acceptors (Lipinski definition) is 2. The molecule has 0 spiro atoms. The maximum Gasteiger partial charge on any atom is 0.319 e. The first kappa shape index (κ1) is 16.9. The van der Waals surface area contributed by atoms with Crippen LogP contribution >= 0.6 is 23.2 Å². The van der Waals surface area contributed by atoms with E-state index in [4.69, 9.17) is 23.2 Å². The molecule has 0 aliphatic carbocycles. The van der Waals surface area contributed by atoms with Crippen LogP contribution < -0.4 is 5.32 Å². The van der Waals surface area contributed by atoms with E-state index in [1.54, 1.807) is 42.1 Å². The van der Waals surface area contributed by atoms with Crippen LogP contribution in [-0.4, -0.2) is 48.9 Å². The molecule has 1 N–H and O–H groups in total. The van der Waals surface area contributed by atoms with Crippen molar-refractivity contribution >= 4 is 40.8 Å². The molecule has 1 saturated heterocycles. The van der Waals surface area contributed by atoms with Crippen LogP contribution in [0.25, 0.3) is 0 Å². The summed E-state index contributed by atoms with van der Waals surface area (Å²) in [4.78, 5) is 27.5. The topological polar surface area (TPSA) is 52.7 Å². The molecular formula is C15H19Cl2N3O2. The Balaban J connectivity index is 1.89. The number of benzene rings is 1. The largest absolute Gasteiger partial charge is 0.331 e. The van der Waals surface area contributed by atoms with Gasteiger partial charge in [0.2, 0.25) is 5.91 Å². The van der Waals surface area contributed by atoms with Crippen molar-refractivity contribution in [3.63, 3.8) is 0 Å². The van der Waals surface area contributed by atoms with Crippen LogP contribution in [0.5, 0.6) is 0 Å². The SMILES string of the molecule is CN(C)C(=O)N1CCC(C(=O)Nc2ccc(Cl)c(Cl)c2)CC1. The molecule has 1 fully saturated rings. The molecule has 0 bridgehead atoms. The molecule has 7 heteroatoms. The zero-order valence-corrected chi connectivity index (χ0v) is 14.1. The summed E-state index contributed by atoms with van der Waals surface area (Å²) in [5.74, 6) is -0.143. The van der Waals surface area contributed by atoms with Gasteiger partial charge in [-0.3, -0.25) is 4.79 Å². The number of likely N-dealkylation sites (tertiary alicyclic amines) is 1. The van der Waals surface area contributed by atoms with E-state index < -0.39 is 0 Å². The molecule has 5 nitrogen and oxygen atoms in total. The predicted octanol–water partition coefficient (Wildman–Crippen LogP) is 3.33. The first-order chi connectivity index (χ1) is 10.4. The van der Waals surface area contributed by atoms with Gasteiger partial charge in [0.15, 0.2) is 0 Å². The van der Waals surface area contributed by atoms with Crippen molar-refractivity contribution in [2.75, 3.05) is 32.5 Å². The average molecular weight is 344 g/mol. The number of anilines is 1. The fourth-order valence-electron chi connectivity index (χ4n) is 2.43. The van der Waals surface area contributed by atoms with Crippen molar-refractivity contribution in [1.29, 1.82) is 0 Å². The van der Waals surface area contributed by atoms with Gasteiger partial charge in [0.05, 0.1) is 10.0 Å². The zero-order valence-electron chi connectivity index (χ0n) is 12.6. The summed E-state index contributed by atoms with van der Waals surface area (Å²) in [5.41, 5.74) is 0.631. The third-order valence-electron chi connectivity index (χ3n) is 3.71. The summed E-state index contributed by atoms with van der Waals surface area (Å²) in [5, 5.41) is 3.71. The van der Waals surface area contributed by atoms with E-state index in [1.165, 1.54) is 0 Å². The normalized spacial score (nSPS) is 15.5. The van der Waals surface area contributed by atoms with Crippen LogP contribution in [0.1, 0.15) is 12.8 Å². The number of nitrogens with one attached hydrogen (secondary N) is 1. The van der Waals surface area contributed by atoms with Crippen LogP contribution in [0.3, 0.4) is 0 Å². The minimum absolute atomic E-state index is 0.0108. The van der Waals surface area contributed by atoms with Gasteiger partial charge < -0.3 is 15.1 Å². The molecule has 0 radical (unpaired) electrons. The molecule has 2 rings (SSSR count). The molecule has 1 aliphatic heterocycles. The van der Waals surface area contributed by atoms with Crippen molar-refractivity contribution < 1.29 is 9.59 Å². The van der Waals surface area contributed by atoms with E-state index in [2.05, 4.69) is 5.32 Å². The van der Waals surface area contributed by atoms with Gasteiger partial charge in [0.25, 0.3) is 0 Å². The number of carbonyl (C=O) groups is 2. The number of rotatable bonds is 2. The average Bonchev–Trinajstić information content (AvgIpc) is 2.50. The van der Waals surface area contributed by atoms with E-state index >= 15 is 0 Å². The Labute approximate surface area is 140 Å². The Bertz CT molecular complexity index is 570. The Morgan fingerprint density at radius 1 is 1.18 bits per heavy atom. The van der Waals surface area contributed by atoms with Crippen molar-refractivity contribution in [3.05, 3.63) is 28.2 Å². The molecule has 0 unspecified atom stereocenters. The molecule has 22 heavy (non-hydrogen) atoms. The molecule has 1 aliphatic rings. The van der Waals surface area contributed by atoms with Gasteiger partial charge in [0, 0.05) is 38.8 Å². The van der Waals surface area contributed by atoms with E-state index in [0.717, 1.165) is 0 Å². The lowest BCUT2D eigenvalue weighted by Gasteiger charge is -2.33. The summed E-state index contributed by atoms with van der Waals surface area (Å²) >= 11 is 11.8. The molecule has 0 saturated carbocycles. The van der Waals surface area contributed by atoms with Gasteiger partial charge >= 0.3 is 6.03 Å². The third-order valence-corrected chi connectivity index (χ3v) is 4.45. The maximum atomic E-state index is 12.3. The lowest BCUT2D eigenvalue weighted by atomic mass is 9.96. The van der Waals surface area contributed by atoms with Gasteiger partial charge in [-0.15, -0.1) is 0 Å². The molecule has 1 heterocycles. The smallest absolute Gasteiger partial charge is 0.319 e. The molecular weight excluding hydrogens is 325 g/mol. The number of halogens is 2. The number of urea groups is 1. The first-order valence-electron chi connectivity index (χ1n) is 7.10.